The van der Waals surface area contributed by atoms with Crippen molar-refractivity contribution in [2.45, 2.75) is 6.42 Å². The molecule has 2 aromatic carbocycles. The molecule has 1 unspecified atom stereocenters. The third-order valence-corrected chi connectivity index (χ3v) is 4.80. The summed E-state index contributed by atoms with van der Waals surface area (Å²) in [6.45, 7) is 1.16. The first-order chi connectivity index (χ1) is 14.2. The zero-order chi connectivity index (χ0) is 20.6. The van der Waals surface area contributed by atoms with Crippen molar-refractivity contribution in [1.82, 2.24) is 10.3 Å². The van der Waals surface area contributed by atoms with Gasteiger partial charge in [0.25, 0.3) is 0 Å². The topological polar surface area (TPSA) is 69.7 Å². The molecular formula is C23H26N2O4. The van der Waals surface area contributed by atoms with Gasteiger partial charge in [-0.2, -0.15) is 0 Å². The van der Waals surface area contributed by atoms with Gasteiger partial charge in [0, 0.05) is 30.5 Å². The summed E-state index contributed by atoms with van der Waals surface area (Å²) in [5.74, 6) is 2.19. The van der Waals surface area contributed by atoms with E-state index in [2.05, 4.69) is 10.3 Å². The zero-order valence-corrected chi connectivity index (χ0v) is 17.0. The Bertz CT molecular complexity index is 974. The smallest absolute Gasteiger partial charge is 0.161 e. The number of aldehydes is 1. The Morgan fingerprint density at radius 3 is 2.55 bits per heavy atom. The fraction of sp³-hybridized carbons (Fsp3) is 0.304. The van der Waals surface area contributed by atoms with E-state index in [0.717, 1.165) is 34.1 Å². The number of pyridine rings is 1. The van der Waals surface area contributed by atoms with Gasteiger partial charge >= 0.3 is 0 Å². The maximum atomic E-state index is 11.0. The van der Waals surface area contributed by atoms with E-state index in [4.69, 9.17) is 14.2 Å². The molecule has 1 N–H and O–H groups in total. The number of nitrogens with one attached hydrogen (secondary N) is 1. The average molecular weight is 394 g/mol. The van der Waals surface area contributed by atoms with E-state index in [0.29, 0.717) is 31.1 Å². The van der Waals surface area contributed by atoms with Crippen molar-refractivity contribution in [3.05, 3.63) is 48.7 Å². The molecule has 0 saturated heterocycles. The lowest BCUT2D eigenvalue weighted by molar-refractivity contribution is -0.108. The van der Waals surface area contributed by atoms with Crippen LogP contribution < -0.4 is 19.5 Å². The van der Waals surface area contributed by atoms with Crippen LogP contribution in [0.5, 0.6) is 17.2 Å². The molecule has 1 aromatic heterocycles. The van der Waals surface area contributed by atoms with Crippen LogP contribution in [0, 0.1) is 5.92 Å². The third kappa shape index (κ3) is 4.84. The number of aromatic nitrogens is 1. The second-order valence-corrected chi connectivity index (χ2v) is 6.75. The number of benzene rings is 2. The molecule has 0 aliphatic heterocycles. The van der Waals surface area contributed by atoms with E-state index in [1.165, 1.54) is 0 Å². The maximum absolute atomic E-state index is 11.0. The Morgan fingerprint density at radius 2 is 1.83 bits per heavy atom. The van der Waals surface area contributed by atoms with Crippen LogP contribution >= 0.6 is 0 Å². The van der Waals surface area contributed by atoms with E-state index >= 15 is 0 Å². The number of nitrogens with zero attached hydrogens (tertiary/aromatic N) is 1. The van der Waals surface area contributed by atoms with Gasteiger partial charge in [-0.15, -0.1) is 0 Å². The SMILES string of the molecule is CNCC(CC=O)COc1cc(-c2ccc(OC)c(OC)c2)cc2ncccc12. The van der Waals surface area contributed by atoms with E-state index < -0.39 is 0 Å². The van der Waals surface area contributed by atoms with Crippen LogP contribution in [0.25, 0.3) is 22.0 Å². The van der Waals surface area contributed by atoms with Crippen LogP contribution in [-0.2, 0) is 4.79 Å². The molecule has 152 valence electrons. The monoisotopic (exact) mass is 394 g/mol. The summed E-state index contributed by atoms with van der Waals surface area (Å²) in [5.41, 5.74) is 2.78. The van der Waals surface area contributed by atoms with Crippen molar-refractivity contribution < 1.29 is 19.0 Å². The highest BCUT2D eigenvalue weighted by molar-refractivity contribution is 5.90. The maximum Gasteiger partial charge on any atom is 0.161 e. The van der Waals surface area contributed by atoms with E-state index in [9.17, 15) is 4.79 Å². The minimum absolute atomic E-state index is 0.106. The van der Waals surface area contributed by atoms with E-state index in [1.807, 2.05) is 49.5 Å². The summed E-state index contributed by atoms with van der Waals surface area (Å²) >= 11 is 0. The summed E-state index contributed by atoms with van der Waals surface area (Å²) in [7, 11) is 5.10. The number of rotatable bonds is 10. The highest BCUT2D eigenvalue weighted by Crippen LogP contribution is 2.36. The van der Waals surface area contributed by atoms with Crippen LogP contribution in [0.15, 0.2) is 48.7 Å². The molecule has 0 saturated carbocycles. The molecule has 0 bridgehead atoms. The van der Waals surface area contributed by atoms with Gasteiger partial charge in [0.05, 0.1) is 26.3 Å². The number of methoxy groups -OCH3 is 2. The van der Waals surface area contributed by atoms with Crippen LogP contribution in [0.2, 0.25) is 0 Å². The molecule has 0 aliphatic carbocycles. The molecule has 0 amide bonds. The van der Waals surface area contributed by atoms with Crippen molar-refractivity contribution >= 4 is 17.2 Å². The van der Waals surface area contributed by atoms with Gasteiger partial charge in [0.2, 0.25) is 0 Å². The van der Waals surface area contributed by atoms with Crippen molar-refractivity contribution in [1.29, 1.82) is 0 Å². The second kappa shape index (κ2) is 9.89. The normalized spacial score (nSPS) is 11.8. The average Bonchev–Trinajstić information content (AvgIpc) is 2.76. The molecule has 1 atom stereocenters. The minimum atomic E-state index is 0.106. The lowest BCUT2D eigenvalue weighted by atomic mass is 10.0. The summed E-state index contributed by atoms with van der Waals surface area (Å²) in [6.07, 6.45) is 3.15. The molecule has 3 aromatic rings. The predicted molar refractivity (Wildman–Crippen MR) is 114 cm³/mol. The fourth-order valence-corrected chi connectivity index (χ4v) is 3.29. The Kier molecular flexibility index (Phi) is 7.03. The van der Waals surface area contributed by atoms with Gasteiger partial charge in [0.1, 0.15) is 12.0 Å². The largest absolute Gasteiger partial charge is 0.493 e. The molecule has 3 rings (SSSR count). The lowest BCUT2D eigenvalue weighted by Crippen LogP contribution is -2.24. The van der Waals surface area contributed by atoms with Crippen molar-refractivity contribution in [2.75, 3.05) is 34.4 Å². The summed E-state index contributed by atoms with van der Waals surface area (Å²) in [5, 5.41) is 4.05. The zero-order valence-electron chi connectivity index (χ0n) is 17.0. The van der Waals surface area contributed by atoms with Gasteiger partial charge < -0.3 is 24.3 Å². The Balaban J connectivity index is 1.99. The first-order valence-electron chi connectivity index (χ1n) is 9.52. The Hall–Kier alpha value is -3.12. The highest BCUT2D eigenvalue weighted by Gasteiger charge is 2.13. The number of carbonyl (C=O) groups is 1. The molecule has 0 radical (unpaired) electrons. The first-order valence-corrected chi connectivity index (χ1v) is 9.52. The summed E-state index contributed by atoms with van der Waals surface area (Å²) < 4.78 is 16.9. The minimum Gasteiger partial charge on any atom is -0.493 e. The van der Waals surface area contributed by atoms with Crippen LogP contribution in [0.3, 0.4) is 0 Å². The molecular weight excluding hydrogens is 368 g/mol. The van der Waals surface area contributed by atoms with Gasteiger partial charge in [-0.1, -0.05) is 6.07 Å². The fourth-order valence-electron chi connectivity index (χ4n) is 3.29. The molecule has 1 heterocycles. The van der Waals surface area contributed by atoms with Gasteiger partial charge in [0.15, 0.2) is 11.5 Å². The van der Waals surface area contributed by atoms with Gasteiger partial charge in [-0.3, -0.25) is 4.98 Å². The number of carbonyl (C=O) groups excluding carboxylic acids is 1. The van der Waals surface area contributed by atoms with Crippen LogP contribution in [0.1, 0.15) is 6.42 Å². The summed E-state index contributed by atoms with van der Waals surface area (Å²) in [4.78, 5) is 15.4. The molecule has 0 aliphatic rings. The second-order valence-electron chi connectivity index (χ2n) is 6.75. The standard InChI is InChI=1S/C23H26N2O4/c1-24-14-16(8-10-26)15-29-22-13-18(11-20-19(22)5-4-9-25-20)17-6-7-21(27-2)23(12-17)28-3/h4-7,9-13,16,24H,8,14-15H2,1-3H3. The highest BCUT2D eigenvalue weighted by atomic mass is 16.5. The number of hydrogen-bond donors (Lipinski definition) is 1. The quantitative estimate of drug-likeness (QED) is 0.529. The van der Waals surface area contributed by atoms with Crippen molar-refractivity contribution in [3.63, 3.8) is 0 Å². The Labute approximate surface area is 170 Å². The first kappa shape index (κ1) is 20.6. The molecule has 0 spiro atoms. The van der Waals surface area contributed by atoms with Crippen molar-refractivity contribution in [2.24, 2.45) is 5.92 Å². The number of hydrogen-bond acceptors (Lipinski definition) is 6. The molecule has 6 heteroatoms. The lowest BCUT2D eigenvalue weighted by Gasteiger charge is -2.17. The van der Waals surface area contributed by atoms with Crippen LogP contribution in [-0.4, -0.2) is 45.7 Å². The van der Waals surface area contributed by atoms with Gasteiger partial charge in [-0.25, -0.2) is 0 Å². The summed E-state index contributed by atoms with van der Waals surface area (Å²) in [6, 6.07) is 13.7. The number of ether oxygens (including phenoxy) is 3. The number of fused-ring (bicyclic) bond motifs is 1. The van der Waals surface area contributed by atoms with Gasteiger partial charge in [-0.05, 0) is 54.6 Å². The van der Waals surface area contributed by atoms with E-state index in [-0.39, 0.29) is 5.92 Å². The molecule has 0 fully saturated rings. The predicted octanol–water partition coefficient (Wildman–Crippen LogP) is 3.72. The van der Waals surface area contributed by atoms with Crippen molar-refractivity contribution in [3.8, 4) is 28.4 Å². The Morgan fingerprint density at radius 1 is 1.03 bits per heavy atom. The molecule has 29 heavy (non-hydrogen) atoms. The molecule has 6 nitrogen and oxygen atoms in total. The third-order valence-electron chi connectivity index (χ3n) is 4.80. The van der Waals surface area contributed by atoms with Crippen LogP contribution in [0.4, 0.5) is 0 Å². The van der Waals surface area contributed by atoms with E-state index in [1.54, 1.807) is 20.4 Å².